The highest BCUT2D eigenvalue weighted by Crippen LogP contribution is 2.13. The lowest BCUT2D eigenvalue weighted by atomic mass is 10.9. The van der Waals surface area contributed by atoms with Gasteiger partial charge in [-0.15, -0.1) is 0 Å². The van der Waals surface area contributed by atoms with Crippen molar-refractivity contribution in [1.29, 1.82) is 0 Å². The van der Waals surface area contributed by atoms with E-state index in [1.54, 1.807) is 0 Å². The van der Waals surface area contributed by atoms with Gasteiger partial charge >= 0.3 is 0 Å². The quantitative estimate of drug-likeness (QED) is 0.422. The van der Waals surface area contributed by atoms with E-state index in [4.69, 9.17) is 0 Å². The molecule has 7 heavy (non-hydrogen) atoms. The molecule has 0 N–H and O–H groups in total. The summed E-state index contributed by atoms with van der Waals surface area (Å²) in [5.74, 6) is 0. The normalized spacial score (nSPS) is 28.3. The van der Waals surface area contributed by atoms with Gasteiger partial charge in [0.05, 0.1) is 6.21 Å². The average molecular weight is 116 g/mol. The molecule has 2 nitrogen and oxygen atoms in total. The van der Waals surface area contributed by atoms with Crippen LogP contribution in [-0.4, -0.2) is 29.3 Å². The molecule has 1 heterocycles. The van der Waals surface area contributed by atoms with Crippen LogP contribution in [0.2, 0.25) is 0 Å². The molecule has 40 valence electrons. The lowest BCUT2D eigenvalue weighted by Gasteiger charge is -2.06. The molecule has 0 radical (unpaired) electrons. The summed E-state index contributed by atoms with van der Waals surface area (Å²) in [6.07, 6.45) is 3.97. The number of hydrazone groups is 1. The van der Waals surface area contributed by atoms with Gasteiger partial charge < -0.3 is 0 Å². The third-order valence-electron chi connectivity index (χ3n) is 0.904. The van der Waals surface area contributed by atoms with E-state index in [2.05, 4.69) is 16.7 Å². The van der Waals surface area contributed by atoms with Crippen LogP contribution in [0.3, 0.4) is 0 Å². The van der Waals surface area contributed by atoms with Crippen LogP contribution < -0.4 is 0 Å². The van der Waals surface area contributed by atoms with Gasteiger partial charge in [0, 0.05) is 12.4 Å². The van der Waals surface area contributed by atoms with Crippen molar-refractivity contribution < 1.29 is 0 Å². The van der Waals surface area contributed by atoms with Crippen LogP contribution in [0.4, 0.5) is 0 Å². The Labute approximate surface area is 45.9 Å². The fourth-order valence-electron chi connectivity index (χ4n) is 0.372. The molecule has 1 aliphatic rings. The summed E-state index contributed by atoms with van der Waals surface area (Å²) in [4.78, 5) is 0. The van der Waals surface area contributed by atoms with E-state index in [-0.39, 0.29) is 10.7 Å². The minimum absolute atomic E-state index is 0.269. The molecular formula is C4H8N2S. The highest BCUT2D eigenvalue weighted by atomic mass is 32.2. The third kappa shape index (κ3) is 0.825. The zero-order valence-electron chi connectivity index (χ0n) is 4.46. The van der Waals surface area contributed by atoms with E-state index in [1.807, 2.05) is 17.7 Å². The lowest BCUT2D eigenvalue weighted by Crippen LogP contribution is -1.95. The summed E-state index contributed by atoms with van der Waals surface area (Å²) in [5, 5.41) is 6.07. The van der Waals surface area contributed by atoms with Crippen LogP contribution in [0.1, 0.15) is 0 Å². The summed E-state index contributed by atoms with van der Waals surface area (Å²) in [6.45, 7) is 0. The minimum atomic E-state index is 0.269. The second kappa shape index (κ2) is 1.66. The fraction of sp³-hybridized carbons (Fsp3) is 0.500. The molecule has 0 aromatic heterocycles. The molecule has 0 bridgehead atoms. The van der Waals surface area contributed by atoms with Gasteiger partial charge in [-0.05, 0) is 6.26 Å². The standard InChI is InChI=1S/C4H8N2S/c1-6-5-3-4-7(6)2/h3-4H,1-2H3. The molecule has 0 fully saturated rings. The Morgan fingerprint density at radius 1 is 1.71 bits per heavy atom. The molecule has 0 amide bonds. The van der Waals surface area contributed by atoms with Crippen LogP contribution in [0, 0.1) is 0 Å². The van der Waals surface area contributed by atoms with Crippen molar-refractivity contribution in [2.45, 2.75) is 0 Å². The maximum absolute atomic E-state index is 3.98. The smallest absolute Gasteiger partial charge is 0.0552 e. The molecule has 0 saturated carbocycles. The molecule has 0 aliphatic carbocycles. The molecule has 0 aromatic rings. The van der Waals surface area contributed by atoms with Crippen LogP contribution in [0.15, 0.2) is 5.10 Å². The SMILES string of the molecule is CN1N=CC=S1C. The Kier molecular flexibility index (Phi) is 1.15. The summed E-state index contributed by atoms with van der Waals surface area (Å²) in [6, 6.07) is 0. The second-order valence-corrected chi connectivity index (χ2v) is 3.24. The first-order chi connectivity index (χ1) is 3.30. The van der Waals surface area contributed by atoms with Crippen molar-refractivity contribution in [3.05, 3.63) is 0 Å². The number of rotatable bonds is 0. The molecule has 1 atom stereocenters. The maximum atomic E-state index is 3.98. The van der Waals surface area contributed by atoms with Gasteiger partial charge in [-0.3, -0.25) is 0 Å². The van der Waals surface area contributed by atoms with Gasteiger partial charge in [0.15, 0.2) is 0 Å². The van der Waals surface area contributed by atoms with Gasteiger partial charge in [-0.2, -0.15) is 5.10 Å². The van der Waals surface area contributed by atoms with E-state index in [9.17, 15) is 0 Å². The fourth-order valence-corrected chi connectivity index (χ4v) is 0.981. The number of nitrogens with zero attached hydrogens (tertiary/aromatic N) is 2. The van der Waals surface area contributed by atoms with Crippen LogP contribution in [-0.2, 0) is 0 Å². The molecule has 3 heteroatoms. The summed E-state index contributed by atoms with van der Waals surface area (Å²) in [5.41, 5.74) is 0. The summed E-state index contributed by atoms with van der Waals surface area (Å²) >= 11 is 0. The highest BCUT2D eigenvalue weighted by molar-refractivity contribution is 8.13. The first kappa shape index (κ1) is 4.84. The first-order valence-electron chi connectivity index (χ1n) is 2.07. The lowest BCUT2D eigenvalue weighted by molar-refractivity contribution is 0.624. The van der Waals surface area contributed by atoms with Crippen LogP contribution in [0.25, 0.3) is 0 Å². The Morgan fingerprint density at radius 3 is 2.57 bits per heavy atom. The van der Waals surface area contributed by atoms with E-state index >= 15 is 0 Å². The van der Waals surface area contributed by atoms with E-state index in [0.29, 0.717) is 0 Å². The Balaban J connectivity index is 2.69. The van der Waals surface area contributed by atoms with Gasteiger partial charge in [0.25, 0.3) is 0 Å². The average Bonchev–Trinajstić information content (AvgIpc) is 1.91. The topological polar surface area (TPSA) is 15.6 Å². The molecule has 1 aliphatic heterocycles. The Bertz CT molecular complexity index is 128. The second-order valence-electron chi connectivity index (χ2n) is 1.39. The molecule has 1 rings (SSSR count). The molecule has 0 aromatic carbocycles. The van der Waals surface area contributed by atoms with Crippen LogP contribution in [0.5, 0.6) is 0 Å². The maximum Gasteiger partial charge on any atom is 0.0552 e. The predicted molar refractivity (Wildman–Crippen MR) is 35.8 cm³/mol. The third-order valence-corrected chi connectivity index (χ3v) is 2.35. The number of hydrogen-bond acceptors (Lipinski definition) is 2. The van der Waals surface area contributed by atoms with Crippen molar-refractivity contribution in [3.63, 3.8) is 0 Å². The van der Waals surface area contributed by atoms with E-state index in [0.717, 1.165) is 0 Å². The molecular weight excluding hydrogens is 108 g/mol. The predicted octanol–water partition coefficient (Wildman–Crippen LogP) is 0.533. The minimum Gasteiger partial charge on any atom is -0.249 e. The van der Waals surface area contributed by atoms with E-state index in [1.165, 1.54) is 0 Å². The zero-order chi connectivity index (χ0) is 5.28. The van der Waals surface area contributed by atoms with Crippen molar-refractivity contribution in [2.24, 2.45) is 5.10 Å². The Hall–Kier alpha value is -0.310. The van der Waals surface area contributed by atoms with Gasteiger partial charge in [-0.25, -0.2) is 4.41 Å². The highest BCUT2D eigenvalue weighted by Gasteiger charge is 1.94. The van der Waals surface area contributed by atoms with Crippen molar-refractivity contribution in [2.75, 3.05) is 13.3 Å². The monoisotopic (exact) mass is 116 g/mol. The number of hydrogen-bond donors (Lipinski definition) is 0. The van der Waals surface area contributed by atoms with Gasteiger partial charge in [0.2, 0.25) is 0 Å². The van der Waals surface area contributed by atoms with Crippen molar-refractivity contribution in [1.82, 2.24) is 4.41 Å². The van der Waals surface area contributed by atoms with Gasteiger partial charge in [0.1, 0.15) is 0 Å². The van der Waals surface area contributed by atoms with Crippen molar-refractivity contribution in [3.8, 4) is 0 Å². The van der Waals surface area contributed by atoms with Crippen LogP contribution >= 0.6 is 10.7 Å². The first-order valence-corrected chi connectivity index (χ1v) is 3.72. The zero-order valence-corrected chi connectivity index (χ0v) is 5.27. The van der Waals surface area contributed by atoms with Gasteiger partial charge in [-0.1, -0.05) is 10.7 Å². The molecule has 1 unspecified atom stereocenters. The van der Waals surface area contributed by atoms with Crippen molar-refractivity contribution >= 4 is 22.3 Å². The van der Waals surface area contributed by atoms with E-state index < -0.39 is 0 Å². The summed E-state index contributed by atoms with van der Waals surface area (Å²) < 4.78 is 1.94. The summed E-state index contributed by atoms with van der Waals surface area (Å²) in [7, 11) is 2.24. The largest absolute Gasteiger partial charge is 0.249 e. The molecule has 0 saturated heterocycles. The molecule has 0 spiro atoms. The Morgan fingerprint density at radius 2 is 2.43 bits per heavy atom.